The quantitative estimate of drug-likeness (QED) is 0.396. The fraction of sp³-hybridized carbons (Fsp3) is 0.214. The highest BCUT2D eigenvalue weighted by Crippen LogP contribution is 2.17. The average molecular weight is 308 g/mol. The summed E-state index contributed by atoms with van der Waals surface area (Å²) >= 11 is 10.1. The number of thiol groups is 1. The van der Waals surface area contributed by atoms with Crippen molar-refractivity contribution in [2.45, 2.75) is 24.8 Å². The summed E-state index contributed by atoms with van der Waals surface area (Å²) < 4.78 is 1.45. The summed E-state index contributed by atoms with van der Waals surface area (Å²) in [6.45, 7) is 3.45. The average Bonchev–Trinajstić information content (AvgIpc) is 2.39. The highest BCUT2D eigenvalue weighted by molar-refractivity contribution is 7.80. The van der Waals surface area contributed by atoms with Crippen LogP contribution >= 0.6 is 24.2 Å². The normalized spacial score (nSPS) is 10.6. The Hall–Kier alpha value is -1.59. The second-order valence-electron chi connectivity index (χ2n) is 4.41. The Balaban J connectivity index is 2.88. The molecule has 0 aliphatic rings. The summed E-state index contributed by atoms with van der Waals surface area (Å²) in [6.07, 6.45) is 0. The van der Waals surface area contributed by atoms with E-state index in [1.165, 1.54) is 4.57 Å². The molecule has 2 aromatic rings. The molecule has 20 heavy (non-hydrogen) atoms. The van der Waals surface area contributed by atoms with E-state index in [0.717, 1.165) is 11.3 Å². The van der Waals surface area contributed by atoms with Crippen LogP contribution in [0.25, 0.3) is 5.69 Å². The molecule has 1 heterocycles. The van der Waals surface area contributed by atoms with E-state index in [4.69, 9.17) is 17.0 Å². The van der Waals surface area contributed by atoms with Crippen molar-refractivity contribution in [3.63, 3.8) is 0 Å². The molecule has 0 fully saturated rings. The number of alkyl halides is 1. The summed E-state index contributed by atoms with van der Waals surface area (Å²) in [6, 6.07) is 7.48. The van der Waals surface area contributed by atoms with Crippen molar-refractivity contribution >= 4 is 29.9 Å². The van der Waals surface area contributed by atoms with Gasteiger partial charge in [-0.2, -0.15) is 0 Å². The molecule has 0 aliphatic heterocycles. The third kappa shape index (κ3) is 2.51. The summed E-state index contributed by atoms with van der Waals surface area (Å²) in [7, 11) is 0. The molecule has 0 saturated carbocycles. The molecule has 0 bridgehead atoms. The Bertz CT molecular complexity index is 740. The third-order valence-corrected chi connectivity index (χ3v) is 3.55. The first-order valence-electron chi connectivity index (χ1n) is 5.99. The highest BCUT2D eigenvalue weighted by Gasteiger charge is 2.17. The Morgan fingerprint density at radius 3 is 2.65 bits per heavy atom. The topological polar surface area (TPSA) is 58.7 Å². The molecule has 0 radical (unpaired) electrons. The van der Waals surface area contributed by atoms with Gasteiger partial charge in [0, 0.05) is 5.71 Å². The Labute approximate surface area is 127 Å². The van der Waals surface area contributed by atoms with Crippen molar-refractivity contribution in [2.24, 2.45) is 0 Å². The molecule has 1 N–H and O–H groups in total. The Morgan fingerprint density at radius 1 is 1.45 bits per heavy atom. The predicted molar refractivity (Wildman–Crippen MR) is 83.9 cm³/mol. The van der Waals surface area contributed by atoms with Crippen LogP contribution in [0.4, 0.5) is 0 Å². The molecule has 2 rings (SSSR count). The molecule has 0 aliphatic carbocycles. The number of para-hydroxylation sites is 1. The van der Waals surface area contributed by atoms with Gasteiger partial charge in [-0.15, -0.1) is 24.2 Å². The van der Waals surface area contributed by atoms with Gasteiger partial charge < -0.3 is 5.41 Å². The van der Waals surface area contributed by atoms with Gasteiger partial charge in [-0.3, -0.25) is 9.36 Å². The molecule has 1 aromatic carbocycles. The highest BCUT2D eigenvalue weighted by atomic mass is 35.5. The Kier molecular flexibility index (Phi) is 4.30. The SMILES string of the molecule is CC(=N)c1c(S)nc(CCl)n(-c2ccccc2C)c1=O. The summed E-state index contributed by atoms with van der Waals surface area (Å²) in [5.74, 6) is 0.509. The number of aryl methyl sites for hydroxylation is 1. The van der Waals surface area contributed by atoms with Gasteiger partial charge in [0.1, 0.15) is 10.9 Å². The standard InChI is InChI=1S/C14H14ClN3OS/c1-8-5-3-4-6-10(8)18-11(7-15)17-13(20)12(9(2)16)14(18)19/h3-6,16,20H,7H2,1-2H3. The number of benzene rings is 1. The maximum absolute atomic E-state index is 12.6. The molecule has 0 saturated heterocycles. The molecule has 104 valence electrons. The molecule has 1 aromatic heterocycles. The molecule has 6 heteroatoms. The first kappa shape index (κ1) is 14.8. The zero-order valence-electron chi connectivity index (χ0n) is 11.1. The number of nitrogens with zero attached hydrogens (tertiary/aromatic N) is 2. The van der Waals surface area contributed by atoms with Crippen molar-refractivity contribution in [2.75, 3.05) is 0 Å². The van der Waals surface area contributed by atoms with Crippen LogP contribution in [0.5, 0.6) is 0 Å². The van der Waals surface area contributed by atoms with Gasteiger partial charge in [0.25, 0.3) is 5.56 Å². The maximum atomic E-state index is 12.6. The van der Waals surface area contributed by atoms with E-state index in [0.29, 0.717) is 5.82 Å². The number of hydrogen-bond donors (Lipinski definition) is 2. The van der Waals surface area contributed by atoms with Crippen LogP contribution in [0.2, 0.25) is 0 Å². The Morgan fingerprint density at radius 2 is 2.10 bits per heavy atom. The van der Waals surface area contributed by atoms with Crippen molar-refractivity contribution in [1.82, 2.24) is 9.55 Å². The molecular formula is C14H14ClN3OS. The van der Waals surface area contributed by atoms with E-state index in [-0.39, 0.29) is 27.7 Å². The second kappa shape index (κ2) is 5.81. The number of hydrogen-bond acceptors (Lipinski definition) is 4. The molecule has 0 amide bonds. The van der Waals surface area contributed by atoms with Gasteiger partial charge in [0.05, 0.1) is 17.1 Å². The van der Waals surface area contributed by atoms with Crippen LogP contribution in [0.1, 0.15) is 23.9 Å². The van der Waals surface area contributed by atoms with E-state index in [2.05, 4.69) is 17.6 Å². The first-order chi connectivity index (χ1) is 9.47. The second-order valence-corrected chi connectivity index (χ2v) is 5.10. The van der Waals surface area contributed by atoms with Gasteiger partial charge >= 0.3 is 0 Å². The van der Waals surface area contributed by atoms with E-state index in [1.54, 1.807) is 6.92 Å². The summed E-state index contributed by atoms with van der Waals surface area (Å²) in [5, 5.41) is 7.96. The van der Waals surface area contributed by atoms with Crippen LogP contribution in [-0.4, -0.2) is 15.3 Å². The summed E-state index contributed by atoms with van der Waals surface area (Å²) in [5.41, 5.74) is 1.67. The zero-order chi connectivity index (χ0) is 14.9. The lowest BCUT2D eigenvalue weighted by Crippen LogP contribution is -2.29. The van der Waals surface area contributed by atoms with Crippen LogP contribution in [-0.2, 0) is 5.88 Å². The van der Waals surface area contributed by atoms with E-state index in [1.807, 2.05) is 31.2 Å². The lowest BCUT2D eigenvalue weighted by molar-refractivity contribution is 0.810. The number of aromatic nitrogens is 2. The van der Waals surface area contributed by atoms with Crippen LogP contribution in [0.3, 0.4) is 0 Å². The first-order valence-corrected chi connectivity index (χ1v) is 6.98. The number of halogens is 1. The fourth-order valence-electron chi connectivity index (χ4n) is 2.03. The number of rotatable bonds is 3. The minimum absolute atomic E-state index is 0.0917. The third-order valence-electron chi connectivity index (χ3n) is 2.98. The van der Waals surface area contributed by atoms with Gasteiger partial charge in [-0.25, -0.2) is 4.98 Å². The van der Waals surface area contributed by atoms with Gasteiger partial charge in [-0.1, -0.05) is 18.2 Å². The molecule has 4 nitrogen and oxygen atoms in total. The van der Waals surface area contributed by atoms with E-state index < -0.39 is 0 Å². The molecule has 0 atom stereocenters. The number of nitrogens with one attached hydrogen (secondary N) is 1. The van der Waals surface area contributed by atoms with E-state index >= 15 is 0 Å². The maximum Gasteiger partial charge on any atom is 0.268 e. The van der Waals surface area contributed by atoms with Crippen LogP contribution in [0, 0.1) is 12.3 Å². The fourth-order valence-corrected chi connectivity index (χ4v) is 2.59. The van der Waals surface area contributed by atoms with Crippen molar-refractivity contribution in [3.05, 3.63) is 51.6 Å². The monoisotopic (exact) mass is 307 g/mol. The van der Waals surface area contributed by atoms with Gasteiger partial charge in [0.2, 0.25) is 0 Å². The van der Waals surface area contributed by atoms with Crippen molar-refractivity contribution in [3.8, 4) is 5.69 Å². The lowest BCUT2D eigenvalue weighted by atomic mass is 10.1. The summed E-state index contributed by atoms with van der Waals surface area (Å²) in [4.78, 5) is 16.9. The largest absolute Gasteiger partial charge is 0.305 e. The van der Waals surface area contributed by atoms with Crippen LogP contribution in [0.15, 0.2) is 34.1 Å². The van der Waals surface area contributed by atoms with E-state index in [9.17, 15) is 4.79 Å². The minimum atomic E-state index is -0.317. The zero-order valence-corrected chi connectivity index (χ0v) is 12.8. The van der Waals surface area contributed by atoms with Gasteiger partial charge in [0.15, 0.2) is 0 Å². The minimum Gasteiger partial charge on any atom is -0.305 e. The molecule has 0 spiro atoms. The lowest BCUT2D eigenvalue weighted by Gasteiger charge is -2.15. The molecule has 0 unspecified atom stereocenters. The predicted octanol–water partition coefficient (Wildman–Crippen LogP) is 2.96. The van der Waals surface area contributed by atoms with Gasteiger partial charge in [-0.05, 0) is 25.5 Å². The smallest absolute Gasteiger partial charge is 0.268 e. The van der Waals surface area contributed by atoms with Crippen molar-refractivity contribution in [1.29, 1.82) is 5.41 Å². The van der Waals surface area contributed by atoms with Crippen molar-refractivity contribution < 1.29 is 0 Å². The molecular weight excluding hydrogens is 294 g/mol. The van der Waals surface area contributed by atoms with Crippen LogP contribution < -0.4 is 5.56 Å².